The third kappa shape index (κ3) is 1.60. The molecule has 0 N–H and O–H groups in total. The number of benzene rings is 1. The van der Waals surface area contributed by atoms with Gasteiger partial charge in [0.1, 0.15) is 0 Å². The third-order valence-electron chi connectivity index (χ3n) is 1.53. The molecule has 1 rings (SSSR count). The van der Waals surface area contributed by atoms with E-state index in [0.29, 0.717) is 0 Å². The highest BCUT2D eigenvalue weighted by Gasteiger charge is 1.98. The lowest BCUT2D eigenvalue weighted by Crippen LogP contribution is -1.91. The Labute approximate surface area is 78.6 Å². The molecule has 0 fully saturated rings. The van der Waals surface area contributed by atoms with Crippen LogP contribution in [-0.2, 0) is 6.04 Å². The molecule has 0 aromatic heterocycles. The van der Waals surface area contributed by atoms with Crippen molar-refractivity contribution >= 4 is 32.8 Å². The fourth-order valence-electron chi connectivity index (χ4n) is 0.890. The number of rotatable bonds is 1. The summed E-state index contributed by atoms with van der Waals surface area (Å²) >= 11 is 2.35. The lowest BCUT2D eigenvalue weighted by atomic mass is 10.1. The van der Waals surface area contributed by atoms with E-state index >= 15 is 0 Å². The fraction of sp³-hybridized carbons (Fsp3) is 0.250. The molecule has 0 nitrogen and oxygen atoms in total. The predicted molar refractivity (Wildman–Crippen MR) is 53.4 cm³/mol. The zero-order chi connectivity index (χ0) is 7.56. The highest BCUT2D eigenvalue weighted by Crippen LogP contribution is 2.15. The van der Waals surface area contributed by atoms with Crippen molar-refractivity contribution in [1.82, 2.24) is 0 Å². The molecule has 0 aliphatic heterocycles. The first kappa shape index (κ1) is 8.27. The summed E-state index contributed by atoms with van der Waals surface area (Å²) in [6.45, 7) is 2.14. The molecule has 0 bridgehead atoms. The quantitative estimate of drug-likeness (QED) is 0.536. The minimum absolute atomic E-state index is 0.949. The second-order valence-electron chi connectivity index (χ2n) is 2.21. The molecule has 2 heteroatoms. The van der Waals surface area contributed by atoms with E-state index in [0.717, 1.165) is 6.04 Å². The van der Waals surface area contributed by atoms with E-state index in [-0.39, 0.29) is 0 Å². The molecular formula is C8H8ISi. The van der Waals surface area contributed by atoms with Gasteiger partial charge in [-0.3, -0.25) is 0 Å². The molecule has 0 heterocycles. The molecular weight excluding hydrogens is 251 g/mol. The second kappa shape index (κ2) is 3.53. The standard InChI is InChI=1S/C8H8ISi/c1-6-3-2-4-8(9)7(6)5-10/h2-4H,5H2,1H3. The smallest absolute Gasteiger partial charge is 0.0284 e. The van der Waals surface area contributed by atoms with Gasteiger partial charge in [0.05, 0.1) is 0 Å². The SMILES string of the molecule is Cc1cccc(I)c1C[Si]. The Bertz CT molecular complexity index is 212. The largest absolute Gasteiger partial charge is 0.0609 e. The van der Waals surface area contributed by atoms with Gasteiger partial charge < -0.3 is 0 Å². The second-order valence-corrected chi connectivity index (χ2v) is 3.73. The summed E-state index contributed by atoms with van der Waals surface area (Å²) in [7, 11) is 3.50. The molecule has 1 aromatic rings. The van der Waals surface area contributed by atoms with Gasteiger partial charge in [0, 0.05) is 13.8 Å². The molecule has 0 unspecified atom stereocenters. The summed E-state index contributed by atoms with van der Waals surface area (Å²) in [6, 6.07) is 7.30. The summed E-state index contributed by atoms with van der Waals surface area (Å²) < 4.78 is 1.34. The normalized spacial score (nSPS) is 9.90. The van der Waals surface area contributed by atoms with Crippen LogP contribution in [0.3, 0.4) is 0 Å². The Morgan fingerprint density at radius 3 is 2.60 bits per heavy atom. The van der Waals surface area contributed by atoms with E-state index in [1.165, 1.54) is 14.7 Å². The number of hydrogen-bond acceptors (Lipinski definition) is 0. The van der Waals surface area contributed by atoms with Gasteiger partial charge in [-0.1, -0.05) is 12.1 Å². The molecule has 0 saturated heterocycles. The Morgan fingerprint density at radius 2 is 2.20 bits per heavy atom. The predicted octanol–water partition coefficient (Wildman–Crippen LogP) is 2.27. The summed E-state index contributed by atoms with van der Waals surface area (Å²) in [5, 5.41) is 0. The van der Waals surface area contributed by atoms with E-state index in [4.69, 9.17) is 0 Å². The van der Waals surface area contributed by atoms with Crippen LogP contribution >= 0.6 is 22.6 Å². The van der Waals surface area contributed by atoms with Crippen molar-refractivity contribution in [2.45, 2.75) is 13.0 Å². The van der Waals surface area contributed by atoms with Gasteiger partial charge in [0.2, 0.25) is 0 Å². The van der Waals surface area contributed by atoms with Crippen molar-refractivity contribution in [3.63, 3.8) is 0 Å². The number of halogens is 1. The fourth-order valence-corrected chi connectivity index (χ4v) is 2.54. The van der Waals surface area contributed by atoms with Crippen molar-refractivity contribution in [3.8, 4) is 0 Å². The highest BCUT2D eigenvalue weighted by atomic mass is 127. The first-order valence-electron chi connectivity index (χ1n) is 3.14. The molecule has 1 aromatic carbocycles. The van der Waals surface area contributed by atoms with E-state index in [1.54, 1.807) is 0 Å². The minimum Gasteiger partial charge on any atom is -0.0609 e. The zero-order valence-corrected chi connectivity index (χ0v) is 8.97. The third-order valence-corrected chi connectivity index (χ3v) is 2.89. The van der Waals surface area contributed by atoms with Gasteiger partial charge in [0.15, 0.2) is 0 Å². The van der Waals surface area contributed by atoms with Crippen LogP contribution in [0.2, 0.25) is 0 Å². The Hall–Kier alpha value is 0.167. The monoisotopic (exact) mass is 259 g/mol. The van der Waals surface area contributed by atoms with Crippen LogP contribution in [-0.4, -0.2) is 10.2 Å². The summed E-state index contributed by atoms with van der Waals surface area (Å²) in [4.78, 5) is 0. The van der Waals surface area contributed by atoms with Crippen molar-refractivity contribution < 1.29 is 0 Å². The van der Waals surface area contributed by atoms with Gasteiger partial charge >= 0.3 is 0 Å². The molecule has 0 aliphatic rings. The summed E-state index contributed by atoms with van der Waals surface area (Å²) in [5.74, 6) is 0. The maximum Gasteiger partial charge on any atom is 0.0284 e. The van der Waals surface area contributed by atoms with Crippen LogP contribution in [0.5, 0.6) is 0 Å². The van der Waals surface area contributed by atoms with Crippen LogP contribution in [0.25, 0.3) is 0 Å². The van der Waals surface area contributed by atoms with Crippen LogP contribution in [0, 0.1) is 10.5 Å². The van der Waals surface area contributed by atoms with E-state index in [1.807, 2.05) is 0 Å². The van der Waals surface area contributed by atoms with Crippen molar-refractivity contribution in [1.29, 1.82) is 0 Å². The van der Waals surface area contributed by atoms with Crippen LogP contribution < -0.4 is 0 Å². The van der Waals surface area contributed by atoms with Gasteiger partial charge in [0.25, 0.3) is 0 Å². The first-order valence-corrected chi connectivity index (χ1v) is 4.93. The Balaban J connectivity index is 3.17. The van der Waals surface area contributed by atoms with Gasteiger partial charge in [-0.15, -0.1) is 0 Å². The first-order chi connectivity index (χ1) is 4.75. The van der Waals surface area contributed by atoms with Crippen molar-refractivity contribution in [3.05, 3.63) is 32.9 Å². The lowest BCUT2D eigenvalue weighted by Gasteiger charge is -2.03. The van der Waals surface area contributed by atoms with Gasteiger partial charge in [-0.25, -0.2) is 0 Å². The molecule has 3 radical (unpaired) electrons. The topological polar surface area (TPSA) is 0 Å². The molecule has 0 atom stereocenters. The molecule has 10 heavy (non-hydrogen) atoms. The van der Waals surface area contributed by atoms with Gasteiger partial charge in [-0.05, 0) is 52.8 Å². The molecule has 0 amide bonds. The van der Waals surface area contributed by atoms with Crippen molar-refractivity contribution in [2.75, 3.05) is 0 Å². The van der Waals surface area contributed by atoms with Crippen LogP contribution in [0.4, 0.5) is 0 Å². The van der Waals surface area contributed by atoms with E-state index in [9.17, 15) is 0 Å². The van der Waals surface area contributed by atoms with E-state index in [2.05, 4.69) is 58.0 Å². The van der Waals surface area contributed by atoms with Gasteiger partial charge in [-0.2, -0.15) is 0 Å². The molecule has 0 spiro atoms. The lowest BCUT2D eigenvalue weighted by molar-refractivity contribution is 1.27. The van der Waals surface area contributed by atoms with Crippen LogP contribution in [0.15, 0.2) is 18.2 Å². The van der Waals surface area contributed by atoms with E-state index < -0.39 is 0 Å². The Morgan fingerprint density at radius 1 is 1.50 bits per heavy atom. The van der Waals surface area contributed by atoms with Crippen molar-refractivity contribution in [2.24, 2.45) is 0 Å². The molecule has 0 saturated carbocycles. The summed E-state index contributed by atoms with van der Waals surface area (Å²) in [6.07, 6.45) is 0. The molecule has 51 valence electrons. The highest BCUT2D eigenvalue weighted by molar-refractivity contribution is 14.1. The maximum absolute atomic E-state index is 3.50. The molecule has 0 aliphatic carbocycles. The minimum atomic E-state index is 0.949. The Kier molecular flexibility index (Phi) is 2.91. The average molecular weight is 259 g/mol. The summed E-state index contributed by atoms with van der Waals surface area (Å²) in [5.41, 5.74) is 2.77. The maximum atomic E-state index is 3.50. The van der Waals surface area contributed by atoms with Crippen LogP contribution in [0.1, 0.15) is 11.1 Å². The average Bonchev–Trinajstić information content (AvgIpc) is 1.88. The zero-order valence-electron chi connectivity index (χ0n) is 5.82. The number of hydrogen-bond donors (Lipinski definition) is 0. The number of aryl methyl sites for hydroxylation is 1.